The molecule has 2 aromatic carbocycles. The summed E-state index contributed by atoms with van der Waals surface area (Å²) in [5.74, 6) is -0.0223. The molecule has 28 heavy (non-hydrogen) atoms. The zero-order chi connectivity index (χ0) is 20.1. The Hall–Kier alpha value is -1.59. The fourth-order valence-electron chi connectivity index (χ4n) is 3.67. The molecule has 0 spiro atoms. The van der Waals surface area contributed by atoms with Gasteiger partial charge in [0, 0.05) is 42.0 Å². The maximum atomic E-state index is 12.4. The predicted octanol–water partition coefficient (Wildman–Crippen LogP) is 5.50. The number of ether oxygens (including phenoxy) is 2. The summed E-state index contributed by atoms with van der Waals surface area (Å²) in [5, 5.41) is 4.55. The number of amides is 1. The Balaban J connectivity index is 1.86. The fraction of sp³-hybridized carbons (Fsp3) is 0.409. The molecule has 1 N–H and O–H groups in total. The number of carbonyl (C=O) groups excluding carboxylic acids is 1. The molecule has 0 radical (unpaired) electrons. The van der Waals surface area contributed by atoms with Gasteiger partial charge in [0.1, 0.15) is 0 Å². The molecule has 1 aliphatic rings. The van der Waals surface area contributed by atoms with Crippen molar-refractivity contribution < 1.29 is 14.3 Å². The lowest BCUT2D eigenvalue weighted by Crippen LogP contribution is -2.51. The predicted molar refractivity (Wildman–Crippen MR) is 112 cm³/mol. The van der Waals surface area contributed by atoms with Crippen molar-refractivity contribution in [2.75, 3.05) is 13.7 Å². The van der Waals surface area contributed by atoms with Gasteiger partial charge in [0.05, 0.1) is 18.8 Å². The van der Waals surface area contributed by atoms with Crippen LogP contribution in [0.4, 0.5) is 0 Å². The van der Waals surface area contributed by atoms with Crippen molar-refractivity contribution >= 4 is 29.1 Å². The van der Waals surface area contributed by atoms with Gasteiger partial charge in [-0.3, -0.25) is 4.79 Å². The Bertz CT molecular complexity index is 812. The second kappa shape index (κ2) is 9.27. The van der Waals surface area contributed by atoms with Crippen LogP contribution in [0.5, 0.6) is 0 Å². The second-order valence-electron chi connectivity index (χ2n) is 7.48. The number of carbonyl (C=O) groups is 1. The van der Waals surface area contributed by atoms with Crippen molar-refractivity contribution in [3.05, 3.63) is 69.7 Å². The minimum absolute atomic E-state index is 0.0223. The van der Waals surface area contributed by atoms with Gasteiger partial charge in [-0.05, 0) is 42.3 Å². The van der Waals surface area contributed by atoms with Crippen LogP contribution in [0.3, 0.4) is 0 Å². The molecule has 0 saturated carbocycles. The highest BCUT2D eigenvalue weighted by molar-refractivity contribution is 6.30. The first-order chi connectivity index (χ1) is 13.4. The topological polar surface area (TPSA) is 47.6 Å². The molecular weight excluding hydrogens is 397 g/mol. The Kier molecular flexibility index (Phi) is 7.00. The number of hydrogen-bond donors (Lipinski definition) is 1. The summed E-state index contributed by atoms with van der Waals surface area (Å²) < 4.78 is 11.5. The molecule has 0 bridgehead atoms. The zero-order valence-corrected chi connectivity index (χ0v) is 17.6. The Labute approximate surface area is 176 Å². The van der Waals surface area contributed by atoms with Crippen molar-refractivity contribution in [2.24, 2.45) is 0 Å². The van der Waals surface area contributed by atoms with Gasteiger partial charge >= 0.3 is 0 Å². The molecule has 0 unspecified atom stereocenters. The van der Waals surface area contributed by atoms with Crippen molar-refractivity contribution in [1.82, 2.24) is 5.32 Å². The van der Waals surface area contributed by atoms with E-state index in [9.17, 15) is 4.79 Å². The van der Waals surface area contributed by atoms with Crippen LogP contribution >= 0.6 is 23.2 Å². The maximum absolute atomic E-state index is 12.4. The summed E-state index contributed by atoms with van der Waals surface area (Å²) in [6.45, 7) is 2.47. The van der Waals surface area contributed by atoms with E-state index in [4.69, 9.17) is 32.7 Å². The van der Waals surface area contributed by atoms with E-state index in [0.717, 1.165) is 11.1 Å². The van der Waals surface area contributed by atoms with Crippen molar-refractivity contribution in [2.45, 2.75) is 43.9 Å². The van der Waals surface area contributed by atoms with Gasteiger partial charge in [-0.15, -0.1) is 0 Å². The van der Waals surface area contributed by atoms with Crippen LogP contribution in [0, 0.1) is 0 Å². The smallest absolute Gasteiger partial charge is 0.222 e. The van der Waals surface area contributed by atoms with Gasteiger partial charge in [0.25, 0.3) is 0 Å². The quantitative estimate of drug-likeness (QED) is 0.669. The summed E-state index contributed by atoms with van der Waals surface area (Å²) in [6.07, 6.45) is 1.32. The first-order valence-corrected chi connectivity index (χ1v) is 10.1. The van der Waals surface area contributed by atoms with E-state index in [-0.39, 0.29) is 18.1 Å². The highest BCUT2D eigenvalue weighted by Crippen LogP contribution is 2.44. The Morgan fingerprint density at radius 3 is 2.43 bits per heavy atom. The molecule has 3 atom stereocenters. The monoisotopic (exact) mass is 421 g/mol. The minimum Gasteiger partial charge on any atom is -0.384 e. The first kappa shape index (κ1) is 21.1. The summed E-state index contributed by atoms with van der Waals surface area (Å²) in [4.78, 5) is 12.4. The van der Waals surface area contributed by atoms with E-state index < -0.39 is 5.54 Å². The van der Waals surface area contributed by atoms with Crippen molar-refractivity contribution in [3.8, 4) is 0 Å². The molecule has 1 fully saturated rings. The number of hydrogen-bond acceptors (Lipinski definition) is 3. The normalized spacial score (nSPS) is 24.7. The van der Waals surface area contributed by atoms with E-state index in [1.165, 1.54) is 0 Å². The van der Waals surface area contributed by atoms with Crippen LogP contribution in [-0.2, 0) is 14.3 Å². The third kappa shape index (κ3) is 5.48. The molecule has 150 valence electrons. The average molecular weight is 422 g/mol. The average Bonchev–Trinajstić information content (AvgIpc) is 2.66. The van der Waals surface area contributed by atoms with Crippen LogP contribution in [0.25, 0.3) is 0 Å². The maximum Gasteiger partial charge on any atom is 0.222 e. The lowest BCUT2D eigenvalue weighted by molar-refractivity contribution is -0.129. The van der Waals surface area contributed by atoms with Crippen LogP contribution in [0.2, 0.25) is 10.0 Å². The second-order valence-corrected chi connectivity index (χ2v) is 8.35. The van der Waals surface area contributed by atoms with Crippen molar-refractivity contribution in [1.29, 1.82) is 0 Å². The third-order valence-electron chi connectivity index (χ3n) is 5.04. The largest absolute Gasteiger partial charge is 0.384 e. The molecule has 1 amide bonds. The molecule has 6 heteroatoms. The summed E-state index contributed by atoms with van der Waals surface area (Å²) >= 11 is 12.2. The number of benzene rings is 2. The molecule has 0 aromatic heterocycles. The van der Waals surface area contributed by atoms with E-state index in [0.29, 0.717) is 35.9 Å². The first-order valence-electron chi connectivity index (χ1n) is 9.35. The van der Waals surface area contributed by atoms with Gasteiger partial charge in [-0.1, -0.05) is 47.5 Å². The molecule has 1 heterocycles. The lowest BCUT2D eigenvalue weighted by Gasteiger charge is -2.43. The standard InChI is InChI=1S/C22H25Cl2NO3/c1-22(25-21(26)10-11-27-2)13-19(15-6-8-17(23)9-7-15)28-20(14-22)16-4-3-5-18(24)12-16/h3-9,12,19-20H,10-11,13-14H2,1-2H3,(H,25,26)/t19-,20+,22-/m0/s1. The van der Waals surface area contributed by atoms with E-state index in [1.807, 2.05) is 48.5 Å². The molecule has 1 saturated heterocycles. The Morgan fingerprint density at radius 1 is 1.11 bits per heavy atom. The van der Waals surface area contributed by atoms with E-state index in [1.54, 1.807) is 7.11 Å². The SMILES string of the molecule is COCCC(=O)N[C@@]1(C)C[C@@H](c2ccc(Cl)cc2)O[C@@H](c2cccc(Cl)c2)C1. The van der Waals surface area contributed by atoms with Gasteiger partial charge in [0.2, 0.25) is 5.91 Å². The number of halogens is 2. The van der Waals surface area contributed by atoms with Crippen molar-refractivity contribution in [3.63, 3.8) is 0 Å². The van der Waals surface area contributed by atoms with Gasteiger partial charge in [0.15, 0.2) is 0 Å². The van der Waals surface area contributed by atoms with Crippen LogP contribution < -0.4 is 5.32 Å². The van der Waals surface area contributed by atoms with Crippen LogP contribution in [-0.4, -0.2) is 25.2 Å². The molecule has 3 rings (SSSR count). The van der Waals surface area contributed by atoms with E-state index in [2.05, 4.69) is 12.2 Å². The zero-order valence-electron chi connectivity index (χ0n) is 16.1. The molecule has 2 aromatic rings. The number of rotatable bonds is 6. The van der Waals surface area contributed by atoms with E-state index >= 15 is 0 Å². The minimum atomic E-state index is -0.416. The van der Waals surface area contributed by atoms with Gasteiger partial charge in [-0.25, -0.2) is 0 Å². The molecular formula is C22H25Cl2NO3. The Morgan fingerprint density at radius 2 is 1.79 bits per heavy atom. The molecule has 4 nitrogen and oxygen atoms in total. The molecule has 0 aliphatic carbocycles. The summed E-state index contributed by atoms with van der Waals surface area (Å²) in [5.41, 5.74) is 1.62. The van der Waals surface area contributed by atoms with Gasteiger partial charge in [-0.2, -0.15) is 0 Å². The fourth-order valence-corrected chi connectivity index (χ4v) is 3.99. The highest BCUT2D eigenvalue weighted by atomic mass is 35.5. The van der Waals surface area contributed by atoms with Gasteiger partial charge < -0.3 is 14.8 Å². The summed E-state index contributed by atoms with van der Waals surface area (Å²) in [6, 6.07) is 15.4. The lowest BCUT2D eigenvalue weighted by atomic mass is 9.81. The molecule has 1 aliphatic heterocycles. The van der Waals surface area contributed by atoms with Crippen LogP contribution in [0.15, 0.2) is 48.5 Å². The third-order valence-corrected chi connectivity index (χ3v) is 5.52. The number of methoxy groups -OCH3 is 1. The highest BCUT2D eigenvalue weighted by Gasteiger charge is 2.40. The van der Waals surface area contributed by atoms with Crippen LogP contribution in [0.1, 0.15) is 49.5 Å². The summed E-state index contributed by atoms with van der Waals surface area (Å²) in [7, 11) is 1.59. The number of nitrogens with one attached hydrogen (secondary N) is 1.